The van der Waals surface area contributed by atoms with E-state index in [4.69, 9.17) is 5.84 Å². The Labute approximate surface area is 133 Å². The van der Waals surface area contributed by atoms with Gasteiger partial charge in [0.2, 0.25) is 0 Å². The lowest BCUT2D eigenvalue weighted by atomic mass is 10.1. The number of benzene rings is 3. The van der Waals surface area contributed by atoms with E-state index in [1.807, 2.05) is 66.7 Å². The van der Waals surface area contributed by atoms with Crippen molar-refractivity contribution in [3.05, 3.63) is 72.3 Å². The number of nitrogens with two attached hydrogens (primary N) is 1. The van der Waals surface area contributed by atoms with Crippen LogP contribution in [-0.4, -0.2) is 12.2 Å². The summed E-state index contributed by atoms with van der Waals surface area (Å²) in [4.78, 5) is 12.0. The van der Waals surface area contributed by atoms with Crippen LogP contribution < -0.4 is 16.5 Å². The predicted octanol–water partition coefficient (Wildman–Crippen LogP) is 3.78. The lowest BCUT2D eigenvalue weighted by molar-refractivity contribution is 0.262. The van der Waals surface area contributed by atoms with Gasteiger partial charge in [-0.15, -0.1) is 0 Å². The summed E-state index contributed by atoms with van der Waals surface area (Å²) in [5.41, 5.74) is 2.41. The van der Waals surface area contributed by atoms with Gasteiger partial charge in [0.1, 0.15) is 0 Å². The maximum absolute atomic E-state index is 12.0. The van der Waals surface area contributed by atoms with Crippen molar-refractivity contribution in [2.75, 3.05) is 10.6 Å². The van der Waals surface area contributed by atoms with E-state index in [2.05, 4.69) is 15.7 Å². The highest BCUT2D eigenvalue weighted by Gasteiger charge is 2.03. The van der Waals surface area contributed by atoms with Crippen LogP contribution in [0.1, 0.15) is 5.56 Å². The largest absolute Gasteiger partial charge is 0.323 e. The number of para-hydroxylation sites is 1. The van der Waals surface area contributed by atoms with E-state index >= 15 is 0 Å². The summed E-state index contributed by atoms with van der Waals surface area (Å²) in [6.45, 7) is 0. The number of nitrogens with zero attached hydrogens (tertiary/aromatic N) is 1. The van der Waals surface area contributed by atoms with Crippen LogP contribution in [0.3, 0.4) is 0 Å². The minimum Gasteiger partial charge on any atom is -0.323 e. The number of urea groups is 1. The third-order valence-corrected chi connectivity index (χ3v) is 3.38. The van der Waals surface area contributed by atoms with Gasteiger partial charge in [-0.2, -0.15) is 5.10 Å². The molecule has 0 aromatic heterocycles. The second-order valence-electron chi connectivity index (χ2n) is 5.04. The van der Waals surface area contributed by atoms with Crippen molar-refractivity contribution in [3.63, 3.8) is 0 Å². The van der Waals surface area contributed by atoms with E-state index in [0.717, 1.165) is 27.7 Å². The zero-order valence-corrected chi connectivity index (χ0v) is 12.4. The highest BCUT2D eigenvalue weighted by Crippen LogP contribution is 2.20. The summed E-state index contributed by atoms with van der Waals surface area (Å²) in [6, 6.07) is 20.6. The van der Waals surface area contributed by atoms with Crippen molar-refractivity contribution in [2.45, 2.75) is 0 Å². The van der Waals surface area contributed by atoms with Gasteiger partial charge in [0.25, 0.3) is 0 Å². The lowest BCUT2D eigenvalue weighted by Gasteiger charge is -2.08. The van der Waals surface area contributed by atoms with E-state index in [1.54, 1.807) is 6.21 Å². The van der Waals surface area contributed by atoms with Crippen molar-refractivity contribution in [1.82, 2.24) is 0 Å². The van der Waals surface area contributed by atoms with Gasteiger partial charge in [-0.3, -0.25) is 0 Å². The number of anilines is 2. The molecular weight excluding hydrogens is 288 g/mol. The molecule has 2 amide bonds. The molecule has 0 spiro atoms. The predicted molar refractivity (Wildman–Crippen MR) is 94.8 cm³/mol. The minimum absolute atomic E-state index is 0.276. The van der Waals surface area contributed by atoms with Gasteiger partial charge in [-0.25, -0.2) is 4.79 Å². The smallest absolute Gasteiger partial charge is 0.323 e. The van der Waals surface area contributed by atoms with Crippen LogP contribution in [0.4, 0.5) is 16.2 Å². The molecule has 0 saturated carbocycles. The first-order valence-electron chi connectivity index (χ1n) is 7.15. The maximum atomic E-state index is 12.0. The van der Waals surface area contributed by atoms with Crippen LogP contribution in [0.2, 0.25) is 0 Å². The molecule has 0 unspecified atom stereocenters. The van der Waals surface area contributed by atoms with Crippen molar-refractivity contribution in [2.24, 2.45) is 10.9 Å². The average molecular weight is 304 g/mol. The zero-order valence-electron chi connectivity index (χ0n) is 12.4. The van der Waals surface area contributed by atoms with E-state index in [-0.39, 0.29) is 6.03 Å². The van der Waals surface area contributed by atoms with Gasteiger partial charge in [-0.05, 0) is 46.7 Å². The fourth-order valence-electron chi connectivity index (χ4n) is 2.32. The summed E-state index contributed by atoms with van der Waals surface area (Å²) in [6.07, 6.45) is 1.60. The Hall–Kier alpha value is -3.34. The molecule has 0 bridgehead atoms. The van der Waals surface area contributed by atoms with Crippen molar-refractivity contribution in [1.29, 1.82) is 0 Å². The Balaban J connectivity index is 1.75. The van der Waals surface area contributed by atoms with Crippen molar-refractivity contribution >= 4 is 34.4 Å². The fraction of sp³-hybridized carbons (Fsp3) is 0. The molecule has 0 atom stereocenters. The number of fused-ring (bicyclic) bond motifs is 1. The van der Waals surface area contributed by atoms with Crippen molar-refractivity contribution < 1.29 is 4.79 Å². The SMILES string of the molecule is N/N=C\c1ccc2cc(NC(=O)Nc3ccccc3)ccc2c1. The minimum atomic E-state index is -0.276. The molecule has 3 aromatic carbocycles. The molecule has 0 aliphatic rings. The van der Waals surface area contributed by atoms with E-state index < -0.39 is 0 Å². The van der Waals surface area contributed by atoms with E-state index in [0.29, 0.717) is 0 Å². The summed E-state index contributed by atoms with van der Waals surface area (Å²) in [5.74, 6) is 5.16. The third kappa shape index (κ3) is 3.65. The molecule has 5 heteroatoms. The molecule has 23 heavy (non-hydrogen) atoms. The van der Waals surface area contributed by atoms with E-state index in [9.17, 15) is 4.79 Å². The fourth-order valence-corrected chi connectivity index (χ4v) is 2.32. The summed E-state index contributed by atoms with van der Waals surface area (Å²) in [5, 5.41) is 11.2. The van der Waals surface area contributed by atoms with Gasteiger partial charge in [0.15, 0.2) is 0 Å². The Morgan fingerprint density at radius 2 is 1.57 bits per heavy atom. The molecule has 0 aliphatic heterocycles. The highest BCUT2D eigenvalue weighted by molar-refractivity contribution is 6.01. The van der Waals surface area contributed by atoms with Crippen LogP contribution >= 0.6 is 0 Å². The number of nitrogens with one attached hydrogen (secondary N) is 2. The first-order chi connectivity index (χ1) is 11.2. The molecule has 3 aromatic rings. The molecule has 0 heterocycles. The second-order valence-corrected chi connectivity index (χ2v) is 5.04. The quantitative estimate of drug-likeness (QED) is 0.391. The molecule has 5 nitrogen and oxygen atoms in total. The van der Waals surface area contributed by atoms with Crippen LogP contribution in [0, 0.1) is 0 Å². The second kappa shape index (κ2) is 6.62. The molecule has 0 aliphatic carbocycles. The number of hydrogen-bond donors (Lipinski definition) is 3. The number of hydrogen-bond acceptors (Lipinski definition) is 3. The maximum Gasteiger partial charge on any atom is 0.323 e. The topological polar surface area (TPSA) is 79.5 Å². The summed E-state index contributed by atoms with van der Waals surface area (Å²) >= 11 is 0. The first-order valence-corrected chi connectivity index (χ1v) is 7.15. The van der Waals surface area contributed by atoms with Gasteiger partial charge in [-0.1, -0.05) is 36.4 Å². The van der Waals surface area contributed by atoms with Crippen molar-refractivity contribution in [3.8, 4) is 0 Å². The average Bonchev–Trinajstić information content (AvgIpc) is 2.56. The Bertz CT molecular complexity index is 859. The van der Waals surface area contributed by atoms with Gasteiger partial charge in [0.05, 0.1) is 6.21 Å². The molecule has 114 valence electrons. The molecule has 0 radical (unpaired) electrons. The van der Waals surface area contributed by atoms with Crippen LogP contribution in [0.25, 0.3) is 10.8 Å². The number of carbonyl (C=O) groups is 1. The summed E-state index contributed by atoms with van der Waals surface area (Å²) < 4.78 is 0. The lowest BCUT2D eigenvalue weighted by Crippen LogP contribution is -2.19. The number of carbonyl (C=O) groups excluding carboxylic acids is 1. The number of rotatable bonds is 3. The van der Waals surface area contributed by atoms with Gasteiger partial charge in [0, 0.05) is 11.4 Å². The Morgan fingerprint density at radius 1 is 0.870 bits per heavy atom. The first kappa shape index (κ1) is 14.6. The van der Waals surface area contributed by atoms with Crippen LogP contribution in [0.5, 0.6) is 0 Å². The Kier molecular flexibility index (Phi) is 4.20. The number of amides is 2. The van der Waals surface area contributed by atoms with Crippen LogP contribution in [0.15, 0.2) is 71.8 Å². The normalized spacial score (nSPS) is 10.8. The molecule has 3 rings (SSSR count). The third-order valence-electron chi connectivity index (χ3n) is 3.38. The zero-order chi connectivity index (χ0) is 16.1. The Morgan fingerprint density at radius 3 is 2.35 bits per heavy atom. The van der Waals surface area contributed by atoms with Crippen LogP contribution in [-0.2, 0) is 0 Å². The molecule has 0 saturated heterocycles. The highest BCUT2D eigenvalue weighted by atomic mass is 16.2. The molecular formula is C18H16N4O. The van der Waals surface area contributed by atoms with Gasteiger partial charge >= 0.3 is 6.03 Å². The molecule has 0 fully saturated rings. The standard InChI is InChI=1S/C18H16N4O/c19-20-12-13-6-7-15-11-17(9-8-14(15)10-13)22-18(23)21-16-4-2-1-3-5-16/h1-12H,19H2,(H2,21,22,23)/b20-12-. The number of hydrazone groups is 1. The van der Waals surface area contributed by atoms with Gasteiger partial charge < -0.3 is 16.5 Å². The van der Waals surface area contributed by atoms with E-state index in [1.165, 1.54) is 0 Å². The monoisotopic (exact) mass is 304 g/mol. The summed E-state index contributed by atoms with van der Waals surface area (Å²) in [7, 11) is 0. The molecule has 4 N–H and O–H groups in total.